The van der Waals surface area contributed by atoms with Crippen LogP contribution in [0.5, 0.6) is 0 Å². The van der Waals surface area contributed by atoms with Crippen LogP contribution in [0.1, 0.15) is 22.8 Å². The van der Waals surface area contributed by atoms with E-state index in [1.807, 2.05) is 6.07 Å². The summed E-state index contributed by atoms with van der Waals surface area (Å²) in [5.74, 6) is 0.724. The lowest BCUT2D eigenvalue weighted by molar-refractivity contribution is -0.109. The number of carboxylic acid groups (broad SMARTS) is 1. The van der Waals surface area contributed by atoms with Crippen LogP contribution < -0.4 is 0 Å². The summed E-state index contributed by atoms with van der Waals surface area (Å²) < 4.78 is 0. The zero-order valence-corrected chi connectivity index (χ0v) is 11.4. The zero-order chi connectivity index (χ0) is 12.8. The smallest absolute Gasteiger partial charge is 0.335 e. The van der Waals surface area contributed by atoms with Crippen LogP contribution in [0.2, 0.25) is 0 Å². The minimum absolute atomic E-state index is 0.128. The molecule has 0 aliphatic heterocycles. The van der Waals surface area contributed by atoms with Gasteiger partial charge in [0.05, 0.1) is 5.56 Å². The molecule has 0 bridgehead atoms. The number of carbonyl (C=O) groups excluding carboxylic acids is 1. The zero-order valence-electron chi connectivity index (χ0n) is 9.73. The highest BCUT2D eigenvalue weighted by atomic mass is 32.2. The summed E-state index contributed by atoms with van der Waals surface area (Å²) in [5, 5.41) is 9.01. The Hall–Kier alpha value is -0.940. The van der Waals surface area contributed by atoms with Gasteiger partial charge in [-0.15, -0.1) is 11.8 Å². The number of hydrogen-bond donors (Lipinski definition) is 1. The van der Waals surface area contributed by atoms with E-state index in [9.17, 15) is 9.59 Å². The average Bonchev–Trinajstić information content (AvgIpc) is 2.23. The summed E-state index contributed by atoms with van der Waals surface area (Å²) in [6, 6.07) is 5.30. The summed E-state index contributed by atoms with van der Waals surface area (Å²) in [4.78, 5) is 22.6. The molecule has 0 saturated carbocycles. The normalized spacial score (nSPS) is 10.2. The molecule has 1 aromatic carbocycles. The van der Waals surface area contributed by atoms with E-state index in [1.165, 1.54) is 11.8 Å². The number of rotatable bonds is 5. The van der Waals surface area contributed by atoms with Gasteiger partial charge in [0.1, 0.15) is 0 Å². The summed E-state index contributed by atoms with van der Waals surface area (Å²) in [6.45, 7) is 3.35. The molecule has 0 aromatic heterocycles. The number of aromatic carboxylic acids is 1. The first-order valence-corrected chi connectivity index (χ1v) is 7.08. The first-order valence-electron chi connectivity index (χ1n) is 5.11. The standard InChI is InChI=1S/C12H14O3S2/c1-8-7-10(3-4-11(8)12(14)15)17-6-5-16-9(2)13/h3-4,7H,5-6H2,1-2H3,(H,14,15). The van der Waals surface area contributed by atoms with Crippen LogP contribution in [0.25, 0.3) is 0 Å². The first kappa shape index (κ1) is 14.1. The molecule has 0 aliphatic rings. The number of aryl methyl sites for hydroxylation is 1. The molecule has 0 amide bonds. The van der Waals surface area contributed by atoms with Crippen LogP contribution in [-0.2, 0) is 4.79 Å². The van der Waals surface area contributed by atoms with E-state index in [0.29, 0.717) is 5.56 Å². The molecule has 0 atom stereocenters. The van der Waals surface area contributed by atoms with Crippen molar-refractivity contribution in [3.8, 4) is 0 Å². The minimum Gasteiger partial charge on any atom is -0.478 e. The van der Waals surface area contributed by atoms with E-state index in [0.717, 1.165) is 22.0 Å². The molecule has 0 unspecified atom stereocenters. The lowest BCUT2D eigenvalue weighted by Crippen LogP contribution is -1.99. The van der Waals surface area contributed by atoms with Crippen LogP contribution in [0, 0.1) is 6.92 Å². The Bertz CT molecular complexity index is 430. The fourth-order valence-electron chi connectivity index (χ4n) is 1.31. The van der Waals surface area contributed by atoms with Crippen molar-refractivity contribution in [1.29, 1.82) is 0 Å². The minimum atomic E-state index is -0.897. The fourth-order valence-corrected chi connectivity index (χ4v) is 2.93. The van der Waals surface area contributed by atoms with Gasteiger partial charge in [-0.25, -0.2) is 4.79 Å². The Labute approximate surface area is 109 Å². The number of carboxylic acids is 1. The lowest BCUT2D eigenvalue weighted by atomic mass is 10.1. The maximum absolute atomic E-state index is 10.8. The van der Waals surface area contributed by atoms with E-state index in [-0.39, 0.29) is 5.12 Å². The van der Waals surface area contributed by atoms with Gasteiger partial charge in [0.15, 0.2) is 5.12 Å². The second-order valence-corrected chi connectivity index (χ2v) is 5.91. The highest BCUT2D eigenvalue weighted by Crippen LogP contribution is 2.22. The molecule has 0 radical (unpaired) electrons. The Morgan fingerprint density at radius 1 is 1.29 bits per heavy atom. The van der Waals surface area contributed by atoms with Crippen LogP contribution in [0.15, 0.2) is 23.1 Å². The molecule has 17 heavy (non-hydrogen) atoms. The van der Waals surface area contributed by atoms with Crippen LogP contribution in [0.4, 0.5) is 0 Å². The molecule has 1 N–H and O–H groups in total. The molecule has 0 heterocycles. The van der Waals surface area contributed by atoms with Crippen molar-refractivity contribution in [2.45, 2.75) is 18.7 Å². The molecular weight excluding hydrogens is 256 g/mol. The Kier molecular flexibility index (Phi) is 5.58. The maximum atomic E-state index is 10.8. The Balaban J connectivity index is 2.53. The third-order valence-electron chi connectivity index (χ3n) is 2.09. The van der Waals surface area contributed by atoms with Crippen LogP contribution >= 0.6 is 23.5 Å². The maximum Gasteiger partial charge on any atom is 0.335 e. The van der Waals surface area contributed by atoms with Crippen molar-refractivity contribution in [2.75, 3.05) is 11.5 Å². The molecule has 0 aliphatic carbocycles. The van der Waals surface area contributed by atoms with Gasteiger partial charge in [-0.05, 0) is 30.7 Å². The second kappa shape index (κ2) is 6.71. The fraction of sp³-hybridized carbons (Fsp3) is 0.333. The topological polar surface area (TPSA) is 54.4 Å². The third-order valence-corrected chi connectivity index (χ3v) is 4.15. The molecule has 0 fully saturated rings. The van der Waals surface area contributed by atoms with Gasteiger partial charge < -0.3 is 5.11 Å². The van der Waals surface area contributed by atoms with Gasteiger partial charge in [-0.1, -0.05) is 11.8 Å². The summed E-state index contributed by atoms with van der Waals surface area (Å²) in [5.41, 5.74) is 1.11. The Morgan fingerprint density at radius 3 is 2.53 bits per heavy atom. The van der Waals surface area contributed by atoms with Crippen molar-refractivity contribution in [1.82, 2.24) is 0 Å². The van der Waals surface area contributed by atoms with Gasteiger partial charge in [-0.2, -0.15) is 0 Å². The first-order chi connectivity index (χ1) is 8.00. The van der Waals surface area contributed by atoms with E-state index < -0.39 is 5.97 Å². The summed E-state index contributed by atoms with van der Waals surface area (Å²) >= 11 is 2.94. The third kappa shape index (κ3) is 4.83. The number of carbonyl (C=O) groups is 2. The predicted molar refractivity (Wildman–Crippen MR) is 72.0 cm³/mol. The quantitative estimate of drug-likeness (QED) is 0.658. The SMILES string of the molecule is CC(=O)SCCSc1ccc(C(=O)O)c(C)c1. The van der Waals surface area contributed by atoms with Crippen molar-refractivity contribution < 1.29 is 14.7 Å². The molecule has 0 saturated heterocycles. The van der Waals surface area contributed by atoms with Crippen molar-refractivity contribution >= 4 is 34.6 Å². The van der Waals surface area contributed by atoms with Crippen LogP contribution in [-0.4, -0.2) is 27.7 Å². The van der Waals surface area contributed by atoms with E-state index in [2.05, 4.69) is 0 Å². The van der Waals surface area contributed by atoms with Crippen molar-refractivity contribution in [3.05, 3.63) is 29.3 Å². The Morgan fingerprint density at radius 2 is 2.00 bits per heavy atom. The second-order valence-electron chi connectivity index (χ2n) is 3.47. The van der Waals surface area contributed by atoms with Crippen molar-refractivity contribution in [2.24, 2.45) is 0 Å². The molecule has 1 rings (SSSR count). The summed E-state index contributed by atoms with van der Waals surface area (Å²) in [7, 11) is 0. The van der Waals surface area contributed by atoms with Gasteiger partial charge in [0.25, 0.3) is 0 Å². The molecule has 92 valence electrons. The lowest BCUT2D eigenvalue weighted by Gasteiger charge is -2.04. The number of benzene rings is 1. The number of hydrogen-bond acceptors (Lipinski definition) is 4. The van der Waals surface area contributed by atoms with Gasteiger partial charge in [0, 0.05) is 23.3 Å². The van der Waals surface area contributed by atoms with Gasteiger partial charge in [-0.3, -0.25) is 4.79 Å². The highest BCUT2D eigenvalue weighted by Gasteiger charge is 2.07. The summed E-state index contributed by atoms with van der Waals surface area (Å²) in [6.07, 6.45) is 0. The molecule has 3 nitrogen and oxygen atoms in total. The average molecular weight is 270 g/mol. The highest BCUT2D eigenvalue weighted by molar-refractivity contribution is 8.14. The van der Waals surface area contributed by atoms with E-state index in [4.69, 9.17) is 5.11 Å². The molecule has 0 spiro atoms. The molecular formula is C12H14O3S2. The van der Waals surface area contributed by atoms with E-state index >= 15 is 0 Å². The predicted octanol–water partition coefficient (Wildman–Crippen LogP) is 3.07. The number of thioether (sulfide) groups is 2. The van der Waals surface area contributed by atoms with E-state index in [1.54, 1.807) is 37.7 Å². The molecule has 1 aromatic rings. The van der Waals surface area contributed by atoms with Crippen molar-refractivity contribution in [3.63, 3.8) is 0 Å². The monoisotopic (exact) mass is 270 g/mol. The molecule has 5 heteroatoms. The van der Waals surface area contributed by atoms with Crippen LogP contribution in [0.3, 0.4) is 0 Å². The largest absolute Gasteiger partial charge is 0.478 e. The van der Waals surface area contributed by atoms with Gasteiger partial charge >= 0.3 is 5.97 Å². The van der Waals surface area contributed by atoms with Gasteiger partial charge in [0.2, 0.25) is 0 Å².